The molecule has 0 bridgehead atoms. The summed E-state index contributed by atoms with van der Waals surface area (Å²) in [7, 11) is 1.60. The number of nitrogens with zero attached hydrogens (tertiary/aromatic N) is 2. The summed E-state index contributed by atoms with van der Waals surface area (Å²) in [5.41, 5.74) is 0.918. The number of hydrogen-bond acceptors (Lipinski definition) is 4. The molecule has 0 fully saturated rings. The molecule has 22 heavy (non-hydrogen) atoms. The highest BCUT2D eigenvalue weighted by atomic mass is 16.5. The predicted octanol–water partition coefficient (Wildman–Crippen LogP) is 2.72. The molecule has 2 rings (SSSR count). The van der Waals surface area contributed by atoms with Crippen LogP contribution in [0.25, 0.3) is 0 Å². The van der Waals surface area contributed by atoms with Gasteiger partial charge in [-0.15, -0.1) is 0 Å². The Labute approximate surface area is 129 Å². The molecule has 0 unspecified atom stereocenters. The van der Waals surface area contributed by atoms with Crippen molar-refractivity contribution in [3.05, 3.63) is 64.3 Å². The molecule has 0 aliphatic rings. The summed E-state index contributed by atoms with van der Waals surface area (Å²) in [6, 6.07) is 8.38. The lowest BCUT2D eigenvalue weighted by Crippen LogP contribution is -2.19. The highest BCUT2D eigenvalue weighted by Gasteiger charge is 2.20. The minimum Gasteiger partial charge on any atom is -0.452 e. The number of aromatic nitrogens is 2. The van der Waals surface area contributed by atoms with Crippen LogP contribution in [0.2, 0.25) is 0 Å². The summed E-state index contributed by atoms with van der Waals surface area (Å²) in [4.78, 5) is 28.0. The van der Waals surface area contributed by atoms with Crippen molar-refractivity contribution >= 4 is 5.97 Å². The van der Waals surface area contributed by atoms with Crippen molar-refractivity contribution < 1.29 is 9.53 Å². The number of ether oxygens (including phenoxy) is 1. The Morgan fingerprint density at radius 2 is 2.05 bits per heavy atom. The van der Waals surface area contributed by atoms with Gasteiger partial charge in [0, 0.05) is 25.5 Å². The van der Waals surface area contributed by atoms with E-state index in [9.17, 15) is 9.59 Å². The van der Waals surface area contributed by atoms with Crippen molar-refractivity contribution in [3.8, 4) is 0 Å². The van der Waals surface area contributed by atoms with Crippen molar-refractivity contribution in [2.45, 2.75) is 26.4 Å². The number of aryl methyl sites for hydroxylation is 1. The highest BCUT2D eigenvalue weighted by molar-refractivity contribution is 5.89. The average Bonchev–Trinajstić information content (AvgIpc) is 2.49. The Morgan fingerprint density at radius 1 is 1.27 bits per heavy atom. The first kappa shape index (κ1) is 15.9. The van der Waals surface area contributed by atoms with E-state index < -0.39 is 12.1 Å². The van der Waals surface area contributed by atoms with Crippen LogP contribution in [0.5, 0.6) is 0 Å². The molecule has 0 spiro atoms. The van der Waals surface area contributed by atoms with Gasteiger partial charge in [-0.1, -0.05) is 19.9 Å². The van der Waals surface area contributed by atoms with E-state index in [4.69, 9.17) is 4.74 Å². The third kappa shape index (κ3) is 4.04. The summed E-state index contributed by atoms with van der Waals surface area (Å²) in [5, 5.41) is 0. The highest BCUT2D eigenvalue weighted by Crippen LogP contribution is 2.24. The van der Waals surface area contributed by atoms with Gasteiger partial charge in [-0.2, -0.15) is 0 Å². The zero-order chi connectivity index (χ0) is 16.1. The topological polar surface area (TPSA) is 61.2 Å². The van der Waals surface area contributed by atoms with Crippen LogP contribution in [0.15, 0.2) is 47.5 Å². The van der Waals surface area contributed by atoms with E-state index in [0.29, 0.717) is 17.9 Å². The maximum absolute atomic E-state index is 12.3. The lowest BCUT2D eigenvalue weighted by Gasteiger charge is -2.19. The van der Waals surface area contributed by atoms with Gasteiger partial charge >= 0.3 is 5.97 Å². The number of carbonyl (C=O) groups excluding carboxylic acids is 1. The van der Waals surface area contributed by atoms with E-state index in [-0.39, 0.29) is 5.56 Å². The third-order valence-electron chi connectivity index (χ3n) is 3.27. The van der Waals surface area contributed by atoms with Crippen molar-refractivity contribution in [2.24, 2.45) is 13.0 Å². The molecule has 2 heterocycles. The molecule has 0 aliphatic heterocycles. The van der Waals surface area contributed by atoms with Crippen LogP contribution in [-0.4, -0.2) is 15.5 Å². The molecule has 0 amide bonds. The number of carbonyl (C=O) groups is 1. The molecular weight excluding hydrogens is 280 g/mol. The average molecular weight is 300 g/mol. The fourth-order valence-corrected chi connectivity index (χ4v) is 2.14. The SMILES string of the molecule is CC(C)C[C@@H](OC(=O)c1ccc(=O)n(C)c1)c1ccccn1. The van der Waals surface area contributed by atoms with E-state index in [2.05, 4.69) is 18.8 Å². The largest absolute Gasteiger partial charge is 0.452 e. The fraction of sp³-hybridized carbons (Fsp3) is 0.353. The normalized spacial score (nSPS) is 12.2. The van der Waals surface area contributed by atoms with Gasteiger partial charge < -0.3 is 9.30 Å². The molecular formula is C17H20N2O3. The number of rotatable bonds is 5. The van der Waals surface area contributed by atoms with E-state index in [1.165, 1.54) is 22.9 Å². The van der Waals surface area contributed by atoms with Gasteiger partial charge in [-0.05, 0) is 30.5 Å². The molecule has 1 atom stereocenters. The molecule has 5 heteroatoms. The van der Waals surface area contributed by atoms with Crippen LogP contribution in [0.4, 0.5) is 0 Å². The van der Waals surface area contributed by atoms with Gasteiger partial charge in [0.25, 0.3) is 0 Å². The van der Waals surface area contributed by atoms with Crippen LogP contribution in [0, 0.1) is 5.92 Å². The number of pyridine rings is 2. The van der Waals surface area contributed by atoms with Crippen molar-refractivity contribution in [2.75, 3.05) is 0 Å². The third-order valence-corrected chi connectivity index (χ3v) is 3.27. The van der Waals surface area contributed by atoms with E-state index >= 15 is 0 Å². The van der Waals surface area contributed by atoms with Crippen LogP contribution in [0.1, 0.15) is 42.4 Å². The summed E-state index contributed by atoms with van der Waals surface area (Å²) < 4.78 is 6.97. The van der Waals surface area contributed by atoms with Crippen molar-refractivity contribution in [3.63, 3.8) is 0 Å². The zero-order valence-corrected chi connectivity index (χ0v) is 13.0. The maximum Gasteiger partial charge on any atom is 0.340 e. The van der Waals surface area contributed by atoms with Gasteiger partial charge in [0.2, 0.25) is 5.56 Å². The van der Waals surface area contributed by atoms with Crippen LogP contribution >= 0.6 is 0 Å². The molecule has 0 saturated carbocycles. The first-order valence-electron chi connectivity index (χ1n) is 7.26. The van der Waals surface area contributed by atoms with Crippen LogP contribution in [-0.2, 0) is 11.8 Å². The Kier molecular flexibility index (Phi) is 5.09. The molecule has 116 valence electrons. The fourth-order valence-electron chi connectivity index (χ4n) is 2.14. The monoisotopic (exact) mass is 300 g/mol. The Hall–Kier alpha value is -2.43. The Morgan fingerprint density at radius 3 is 2.64 bits per heavy atom. The summed E-state index contributed by atoms with van der Waals surface area (Å²) >= 11 is 0. The number of esters is 1. The van der Waals surface area contributed by atoms with Crippen molar-refractivity contribution in [1.29, 1.82) is 0 Å². The minimum atomic E-state index is -0.452. The van der Waals surface area contributed by atoms with Gasteiger partial charge in [-0.25, -0.2) is 4.79 Å². The minimum absolute atomic E-state index is 0.167. The Bertz CT molecular complexity index is 693. The molecule has 0 aliphatic carbocycles. The zero-order valence-electron chi connectivity index (χ0n) is 13.0. The second kappa shape index (κ2) is 7.02. The lowest BCUT2D eigenvalue weighted by atomic mass is 10.0. The predicted molar refractivity (Wildman–Crippen MR) is 83.5 cm³/mol. The van der Waals surface area contributed by atoms with Crippen LogP contribution < -0.4 is 5.56 Å². The molecule has 2 aromatic rings. The first-order chi connectivity index (χ1) is 10.5. The lowest BCUT2D eigenvalue weighted by molar-refractivity contribution is 0.0236. The summed E-state index contributed by atoms with van der Waals surface area (Å²) in [6.07, 6.45) is 3.46. The number of hydrogen-bond donors (Lipinski definition) is 0. The van der Waals surface area contributed by atoms with Crippen molar-refractivity contribution in [1.82, 2.24) is 9.55 Å². The Balaban J connectivity index is 2.21. The molecule has 0 saturated heterocycles. The quantitative estimate of drug-likeness (QED) is 0.797. The standard InChI is InChI=1S/C17H20N2O3/c1-12(2)10-15(14-6-4-5-9-18-14)22-17(21)13-7-8-16(20)19(3)11-13/h4-9,11-12,15H,10H2,1-3H3/t15-/m1/s1. The van der Waals surface area contributed by atoms with Crippen LogP contribution in [0.3, 0.4) is 0 Å². The molecule has 0 radical (unpaired) electrons. The maximum atomic E-state index is 12.3. The second-order valence-electron chi connectivity index (χ2n) is 5.65. The second-order valence-corrected chi connectivity index (χ2v) is 5.65. The van der Waals surface area contributed by atoms with E-state index in [0.717, 1.165) is 5.69 Å². The summed E-state index contributed by atoms with van der Waals surface area (Å²) in [6.45, 7) is 4.13. The smallest absolute Gasteiger partial charge is 0.340 e. The van der Waals surface area contributed by atoms with Gasteiger partial charge in [0.1, 0.15) is 6.10 Å². The molecule has 0 aromatic carbocycles. The first-order valence-corrected chi connectivity index (χ1v) is 7.26. The molecule has 2 aromatic heterocycles. The molecule has 5 nitrogen and oxygen atoms in total. The molecule has 0 N–H and O–H groups in total. The van der Waals surface area contributed by atoms with E-state index in [1.807, 2.05) is 18.2 Å². The van der Waals surface area contributed by atoms with Gasteiger partial charge in [0.15, 0.2) is 0 Å². The summed E-state index contributed by atoms with van der Waals surface area (Å²) in [5.74, 6) is -0.0909. The van der Waals surface area contributed by atoms with Gasteiger partial charge in [0.05, 0.1) is 11.3 Å². The van der Waals surface area contributed by atoms with Gasteiger partial charge in [-0.3, -0.25) is 9.78 Å². The van der Waals surface area contributed by atoms with E-state index in [1.54, 1.807) is 13.2 Å².